The Labute approximate surface area is 205 Å². The maximum absolute atomic E-state index is 9.60. The van der Waals surface area contributed by atoms with Gasteiger partial charge in [-0.3, -0.25) is 0 Å². The summed E-state index contributed by atoms with van der Waals surface area (Å²) in [6, 6.07) is 22.1. The van der Waals surface area contributed by atoms with Crippen LogP contribution in [-0.2, 0) is 9.47 Å². The van der Waals surface area contributed by atoms with Gasteiger partial charge in [0.1, 0.15) is 35.2 Å². The first-order valence-corrected chi connectivity index (χ1v) is 11.8. The predicted octanol–water partition coefficient (Wildman–Crippen LogP) is 6.06. The molecular formula is C29H32O6. The molecule has 4 aromatic carbocycles. The van der Waals surface area contributed by atoms with E-state index in [0.29, 0.717) is 19.8 Å². The van der Waals surface area contributed by atoms with Gasteiger partial charge in [0.2, 0.25) is 0 Å². The SMILES string of the molecule is CC(COCC(C)Oc1ccc2cc(O)ccc2c1)OCC(C)Oc1ccc2cc(O)ccc2c1. The Kier molecular flexibility index (Phi) is 7.95. The van der Waals surface area contributed by atoms with Crippen molar-refractivity contribution in [3.63, 3.8) is 0 Å². The summed E-state index contributed by atoms with van der Waals surface area (Å²) < 4.78 is 23.7. The minimum Gasteiger partial charge on any atom is -0.508 e. The number of ether oxygens (including phenoxy) is 4. The van der Waals surface area contributed by atoms with Crippen LogP contribution in [0.2, 0.25) is 0 Å². The van der Waals surface area contributed by atoms with Crippen molar-refractivity contribution < 1.29 is 29.2 Å². The predicted molar refractivity (Wildman–Crippen MR) is 138 cm³/mol. The summed E-state index contributed by atoms with van der Waals surface area (Å²) in [7, 11) is 0. The molecule has 0 spiro atoms. The molecule has 0 saturated heterocycles. The van der Waals surface area contributed by atoms with Crippen LogP contribution < -0.4 is 9.47 Å². The molecule has 0 aromatic heterocycles. The molecule has 0 aliphatic heterocycles. The second-order valence-electron chi connectivity index (χ2n) is 8.92. The average Bonchev–Trinajstić information content (AvgIpc) is 2.83. The number of phenolic OH excluding ortho intramolecular Hbond substituents is 2. The highest BCUT2D eigenvalue weighted by molar-refractivity contribution is 5.85. The molecule has 35 heavy (non-hydrogen) atoms. The molecule has 0 heterocycles. The van der Waals surface area contributed by atoms with E-state index in [1.807, 2.05) is 69.3 Å². The maximum atomic E-state index is 9.60. The van der Waals surface area contributed by atoms with E-state index in [-0.39, 0.29) is 29.8 Å². The monoisotopic (exact) mass is 476 g/mol. The largest absolute Gasteiger partial charge is 0.508 e. The van der Waals surface area contributed by atoms with Crippen molar-refractivity contribution in [2.24, 2.45) is 0 Å². The van der Waals surface area contributed by atoms with Crippen LogP contribution >= 0.6 is 0 Å². The summed E-state index contributed by atoms with van der Waals surface area (Å²) in [4.78, 5) is 0. The number of hydrogen-bond acceptors (Lipinski definition) is 6. The van der Waals surface area contributed by atoms with Gasteiger partial charge in [-0.1, -0.05) is 24.3 Å². The molecule has 0 saturated carbocycles. The van der Waals surface area contributed by atoms with Crippen LogP contribution in [0.1, 0.15) is 20.8 Å². The number of rotatable bonds is 11. The van der Waals surface area contributed by atoms with Crippen molar-refractivity contribution in [3.05, 3.63) is 72.8 Å². The standard InChI is InChI=1S/C29H32O6/c1-19(33-18-21(3)35-29-11-7-23-13-27(31)9-5-25(23)15-29)16-32-17-20(2)34-28-10-6-22-12-26(30)8-4-24(22)14-28/h4-15,19-21,30-31H,16-18H2,1-3H3. The van der Waals surface area contributed by atoms with Gasteiger partial charge in [0.15, 0.2) is 0 Å². The van der Waals surface area contributed by atoms with Crippen LogP contribution in [0.5, 0.6) is 23.0 Å². The third-order valence-corrected chi connectivity index (χ3v) is 5.59. The summed E-state index contributed by atoms with van der Waals surface area (Å²) in [6.07, 6.45) is -0.320. The van der Waals surface area contributed by atoms with Gasteiger partial charge in [-0.25, -0.2) is 0 Å². The summed E-state index contributed by atoms with van der Waals surface area (Å²) in [6.45, 7) is 7.25. The number of aromatic hydroxyl groups is 2. The lowest BCUT2D eigenvalue weighted by Crippen LogP contribution is -2.27. The van der Waals surface area contributed by atoms with Crippen LogP contribution in [0.4, 0.5) is 0 Å². The molecule has 0 aliphatic carbocycles. The van der Waals surface area contributed by atoms with Gasteiger partial charge in [0, 0.05) is 0 Å². The van der Waals surface area contributed by atoms with E-state index in [1.54, 1.807) is 24.3 Å². The maximum Gasteiger partial charge on any atom is 0.120 e. The van der Waals surface area contributed by atoms with Crippen LogP contribution in [0.15, 0.2) is 72.8 Å². The molecule has 0 bridgehead atoms. The molecule has 6 nitrogen and oxygen atoms in total. The molecule has 2 N–H and O–H groups in total. The van der Waals surface area contributed by atoms with E-state index in [0.717, 1.165) is 33.0 Å². The quantitative estimate of drug-likeness (QED) is 0.274. The van der Waals surface area contributed by atoms with Gasteiger partial charge >= 0.3 is 0 Å². The van der Waals surface area contributed by atoms with Gasteiger partial charge in [-0.2, -0.15) is 0 Å². The number of benzene rings is 4. The smallest absolute Gasteiger partial charge is 0.120 e. The lowest BCUT2D eigenvalue weighted by atomic mass is 10.1. The molecule has 4 rings (SSSR count). The van der Waals surface area contributed by atoms with Crippen molar-refractivity contribution in [2.75, 3.05) is 19.8 Å². The van der Waals surface area contributed by atoms with Crippen molar-refractivity contribution >= 4 is 21.5 Å². The van der Waals surface area contributed by atoms with E-state index in [1.165, 1.54) is 0 Å². The van der Waals surface area contributed by atoms with E-state index in [2.05, 4.69) is 0 Å². The van der Waals surface area contributed by atoms with E-state index in [4.69, 9.17) is 18.9 Å². The minimum atomic E-state index is -0.121. The molecule has 0 aliphatic rings. The lowest BCUT2D eigenvalue weighted by Gasteiger charge is -2.20. The molecule has 3 unspecified atom stereocenters. The van der Waals surface area contributed by atoms with E-state index >= 15 is 0 Å². The zero-order chi connectivity index (χ0) is 24.8. The van der Waals surface area contributed by atoms with E-state index < -0.39 is 0 Å². The second kappa shape index (κ2) is 11.3. The van der Waals surface area contributed by atoms with Gasteiger partial charge < -0.3 is 29.2 Å². The molecule has 3 atom stereocenters. The van der Waals surface area contributed by atoms with Crippen LogP contribution in [0.3, 0.4) is 0 Å². The van der Waals surface area contributed by atoms with Gasteiger partial charge in [0.05, 0.1) is 25.9 Å². The zero-order valence-corrected chi connectivity index (χ0v) is 20.3. The number of phenols is 2. The van der Waals surface area contributed by atoms with Gasteiger partial charge in [-0.15, -0.1) is 0 Å². The third-order valence-electron chi connectivity index (χ3n) is 5.59. The lowest BCUT2D eigenvalue weighted by molar-refractivity contribution is -0.0428. The Bertz CT molecular complexity index is 1270. The fraction of sp³-hybridized carbons (Fsp3) is 0.310. The molecule has 0 radical (unpaired) electrons. The molecule has 4 aromatic rings. The van der Waals surface area contributed by atoms with Crippen molar-refractivity contribution in [2.45, 2.75) is 39.1 Å². The van der Waals surface area contributed by atoms with E-state index in [9.17, 15) is 10.2 Å². The van der Waals surface area contributed by atoms with Gasteiger partial charge in [-0.05, 0) is 90.8 Å². The Balaban J connectivity index is 1.16. The summed E-state index contributed by atoms with van der Waals surface area (Å²) in [5.74, 6) is 2.03. The molecule has 6 heteroatoms. The molecule has 0 amide bonds. The Morgan fingerprint density at radius 1 is 0.543 bits per heavy atom. The highest BCUT2D eigenvalue weighted by atomic mass is 16.6. The van der Waals surface area contributed by atoms with Crippen LogP contribution in [-0.4, -0.2) is 48.3 Å². The van der Waals surface area contributed by atoms with Crippen LogP contribution in [0.25, 0.3) is 21.5 Å². The van der Waals surface area contributed by atoms with Crippen LogP contribution in [0, 0.1) is 0 Å². The zero-order valence-electron chi connectivity index (χ0n) is 20.3. The summed E-state index contributed by atoms with van der Waals surface area (Å²) >= 11 is 0. The molecular weight excluding hydrogens is 444 g/mol. The topological polar surface area (TPSA) is 77.4 Å². The van der Waals surface area contributed by atoms with Gasteiger partial charge in [0.25, 0.3) is 0 Å². The number of fused-ring (bicyclic) bond motifs is 2. The molecule has 0 fully saturated rings. The highest BCUT2D eigenvalue weighted by Crippen LogP contribution is 2.26. The van der Waals surface area contributed by atoms with Crippen molar-refractivity contribution in [1.29, 1.82) is 0 Å². The Morgan fingerprint density at radius 3 is 1.51 bits per heavy atom. The summed E-state index contributed by atoms with van der Waals surface area (Å²) in [5, 5.41) is 23.1. The Hall–Kier alpha value is -3.48. The minimum absolute atomic E-state index is 0.0822. The first-order chi connectivity index (χ1) is 16.9. The first kappa shape index (κ1) is 24.6. The van der Waals surface area contributed by atoms with Crippen molar-refractivity contribution in [3.8, 4) is 23.0 Å². The summed E-state index contributed by atoms with van der Waals surface area (Å²) in [5.41, 5.74) is 0. The second-order valence-corrected chi connectivity index (χ2v) is 8.92. The highest BCUT2D eigenvalue weighted by Gasteiger charge is 2.11. The fourth-order valence-corrected chi connectivity index (χ4v) is 3.85. The Morgan fingerprint density at radius 2 is 0.971 bits per heavy atom. The average molecular weight is 477 g/mol. The first-order valence-electron chi connectivity index (χ1n) is 11.8. The molecule has 184 valence electrons. The third kappa shape index (κ3) is 7.01. The number of hydrogen-bond donors (Lipinski definition) is 2. The fourth-order valence-electron chi connectivity index (χ4n) is 3.85. The van der Waals surface area contributed by atoms with Crippen molar-refractivity contribution in [1.82, 2.24) is 0 Å². The normalized spacial score (nSPS) is 14.0.